The summed E-state index contributed by atoms with van der Waals surface area (Å²) in [6.45, 7) is 8.73. The Morgan fingerprint density at radius 2 is 1.81 bits per heavy atom. The maximum absolute atomic E-state index is 5.63. The van der Waals surface area contributed by atoms with E-state index < -0.39 is 0 Å². The SMILES string of the molecule is CCCOc1ccc(C(C)NCC2CCC(C)CC2)cc1. The second kappa shape index (κ2) is 8.43. The fourth-order valence-electron chi connectivity index (χ4n) is 3.07. The summed E-state index contributed by atoms with van der Waals surface area (Å²) < 4.78 is 5.63. The predicted octanol–water partition coefficient (Wildman–Crippen LogP) is 4.95. The highest BCUT2D eigenvalue weighted by molar-refractivity contribution is 5.28. The summed E-state index contributed by atoms with van der Waals surface area (Å²) in [5.74, 6) is 2.79. The zero-order valence-electron chi connectivity index (χ0n) is 13.9. The van der Waals surface area contributed by atoms with Gasteiger partial charge in [-0.1, -0.05) is 38.8 Å². The second-order valence-corrected chi connectivity index (χ2v) is 6.67. The third-order valence-electron chi connectivity index (χ3n) is 4.70. The van der Waals surface area contributed by atoms with E-state index in [2.05, 4.69) is 50.4 Å². The van der Waals surface area contributed by atoms with Crippen molar-refractivity contribution >= 4 is 0 Å². The van der Waals surface area contributed by atoms with Crippen LogP contribution < -0.4 is 10.1 Å². The molecule has 1 N–H and O–H groups in total. The summed E-state index contributed by atoms with van der Waals surface area (Å²) in [6.07, 6.45) is 6.66. The first-order valence-corrected chi connectivity index (χ1v) is 8.65. The molecule has 0 heterocycles. The lowest BCUT2D eigenvalue weighted by Crippen LogP contribution is -2.28. The van der Waals surface area contributed by atoms with Crippen molar-refractivity contribution in [3.63, 3.8) is 0 Å². The van der Waals surface area contributed by atoms with Crippen LogP contribution >= 0.6 is 0 Å². The van der Waals surface area contributed by atoms with Gasteiger partial charge in [0, 0.05) is 6.04 Å². The Balaban J connectivity index is 1.76. The fourth-order valence-corrected chi connectivity index (χ4v) is 3.07. The van der Waals surface area contributed by atoms with Crippen LogP contribution in [0.15, 0.2) is 24.3 Å². The molecule has 1 unspecified atom stereocenters. The van der Waals surface area contributed by atoms with Crippen LogP contribution in [0.25, 0.3) is 0 Å². The molecule has 2 heteroatoms. The molecule has 0 spiro atoms. The zero-order chi connectivity index (χ0) is 15.1. The Bertz CT molecular complexity index is 393. The monoisotopic (exact) mass is 289 g/mol. The van der Waals surface area contributed by atoms with Gasteiger partial charge in [0.15, 0.2) is 0 Å². The molecule has 2 nitrogen and oxygen atoms in total. The summed E-state index contributed by atoms with van der Waals surface area (Å²) in [7, 11) is 0. The van der Waals surface area contributed by atoms with Crippen LogP contribution in [0.4, 0.5) is 0 Å². The molecule has 118 valence electrons. The average molecular weight is 289 g/mol. The van der Waals surface area contributed by atoms with Crippen LogP contribution in [-0.2, 0) is 0 Å². The van der Waals surface area contributed by atoms with E-state index in [1.165, 1.54) is 31.2 Å². The number of hydrogen-bond donors (Lipinski definition) is 1. The molecule has 0 saturated heterocycles. The average Bonchev–Trinajstić information content (AvgIpc) is 2.52. The van der Waals surface area contributed by atoms with Crippen molar-refractivity contribution in [2.45, 2.75) is 58.9 Å². The van der Waals surface area contributed by atoms with E-state index in [0.29, 0.717) is 6.04 Å². The second-order valence-electron chi connectivity index (χ2n) is 6.67. The molecule has 1 aromatic carbocycles. The van der Waals surface area contributed by atoms with Gasteiger partial charge in [-0.15, -0.1) is 0 Å². The zero-order valence-corrected chi connectivity index (χ0v) is 13.9. The van der Waals surface area contributed by atoms with E-state index in [-0.39, 0.29) is 0 Å². The highest BCUT2D eigenvalue weighted by atomic mass is 16.5. The molecule has 1 aliphatic carbocycles. The molecular formula is C19H31NO. The Labute approximate surface area is 130 Å². The molecule has 0 radical (unpaired) electrons. The molecular weight excluding hydrogens is 258 g/mol. The molecule has 21 heavy (non-hydrogen) atoms. The van der Waals surface area contributed by atoms with E-state index in [1.54, 1.807) is 0 Å². The van der Waals surface area contributed by atoms with Crippen LogP contribution in [0, 0.1) is 11.8 Å². The van der Waals surface area contributed by atoms with Crippen molar-refractivity contribution in [1.29, 1.82) is 0 Å². The summed E-state index contributed by atoms with van der Waals surface area (Å²) >= 11 is 0. The standard InChI is InChI=1S/C19H31NO/c1-4-13-21-19-11-9-18(10-12-19)16(3)20-14-17-7-5-15(2)6-8-17/h9-12,15-17,20H,4-8,13-14H2,1-3H3. The largest absolute Gasteiger partial charge is 0.494 e. The van der Waals surface area contributed by atoms with Crippen LogP contribution in [0.2, 0.25) is 0 Å². The van der Waals surface area contributed by atoms with Gasteiger partial charge in [-0.2, -0.15) is 0 Å². The minimum absolute atomic E-state index is 0.421. The quantitative estimate of drug-likeness (QED) is 0.766. The van der Waals surface area contributed by atoms with Crippen molar-refractivity contribution < 1.29 is 4.74 Å². The highest BCUT2D eigenvalue weighted by Gasteiger charge is 2.18. The van der Waals surface area contributed by atoms with E-state index >= 15 is 0 Å². The highest BCUT2D eigenvalue weighted by Crippen LogP contribution is 2.28. The Morgan fingerprint density at radius 3 is 2.43 bits per heavy atom. The summed E-state index contributed by atoms with van der Waals surface area (Å²) in [4.78, 5) is 0. The van der Waals surface area contributed by atoms with Crippen LogP contribution in [0.1, 0.15) is 64.5 Å². The molecule has 2 rings (SSSR count). The number of benzene rings is 1. The van der Waals surface area contributed by atoms with E-state index in [1.807, 2.05) is 0 Å². The number of hydrogen-bond acceptors (Lipinski definition) is 2. The van der Waals surface area contributed by atoms with Crippen molar-refractivity contribution in [2.24, 2.45) is 11.8 Å². The number of rotatable bonds is 7. The summed E-state index contributed by atoms with van der Waals surface area (Å²) in [5, 5.41) is 3.71. The molecule has 0 amide bonds. The van der Waals surface area contributed by atoms with Gasteiger partial charge in [0.05, 0.1) is 6.61 Å². The summed E-state index contributed by atoms with van der Waals surface area (Å²) in [6, 6.07) is 8.97. The van der Waals surface area contributed by atoms with Crippen LogP contribution in [0.3, 0.4) is 0 Å². The maximum atomic E-state index is 5.63. The Hall–Kier alpha value is -1.02. The minimum Gasteiger partial charge on any atom is -0.494 e. The van der Waals surface area contributed by atoms with Gasteiger partial charge in [0.1, 0.15) is 5.75 Å². The Kier molecular flexibility index (Phi) is 6.56. The lowest BCUT2D eigenvalue weighted by molar-refractivity contribution is 0.276. The molecule has 1 fully saturated rings. The third-order valence-corrected chi connectivity index (χ3v) is 4.70. The molecule has 0 aromatic heterocycles. The molecule has 0 bridgehead atoms. The van der Waals surface area contributed by atoms with E-state index in [0.717, 1.165) is 37.2 Å². The first kappa shape index (κ1) is 16.4. The van der Waals surface area contributed by atoms with Crippen LogP contribution in [-0.4, -0.2) is 13.2 Å². The maximum Gasteiger partial charge on any atom is 0.119 e. The molecule has 1 atom stereocenters. The topological polar surface area (TPSA) is 21.3 Å². The lowest BCUT2D eigenvalue weighted by atomic mass is 9.83. The van der Waals surface area contributed by atoms with E-state index in [4.69, 9.17) is 4.74 Å². The van der Waals surface area contributed by atoms with Gasteiger partial charge in [0.25, 0.3) is 0 Å². The van der Waals surface area contributed by atoms with Crippen molar-refractivity contribution in [2.75, 3.05) is 13.2 Å². The third kappa shape index (κ3) is 5.35. The molecule has 1 aliphatic rings. The van der Waals surface area contributed by atoms with Crippen molar-refractivity contribution in [3.8, 4) is 5.75 Å². The lowest BCUT2D eigenvalue weighted by Gasteiger charge is -2.27. The number of ether oxygens (including phenoxy) is 1. The molecule has 1 saturated carbocycles. The molecule has 0 aliphatic heterocycles. The summed E-state index contributed by atoms with van der Waals surface area (Å²) in [5.41, 5.74) is 1.35. The fraction of sp³-hybridized carbons (Fsp3) is 0.684. The van der Waals surface area contributed by atoms with Crippen LogP contribution in [0.5, 0.6) is 5.75 Å². The van der Waals surface area contributed by atoms with Crippen molar-refractivity contribution in [3.05, 3.63) is 29.8 Å². The first-order valence-electron chi connectivity index (χ1n) is 8.65. The number of nitrogens with one attached hydrogen (secondary N) is 1. The van der Waals surface area contributed by atoms with Gasteiger partial charge in [-0.05, 0) is 62.3 Å². The van der Waals surface area contributed by atoms with Gasteiger partial charge in [-0.25, -0.2) is 0 Å². The van der Waals surface area contributed by atoms with Gasteiger partial charge in [0.2, 0.25) is 0 Å². The first-order chi connectivity index (χ1) is 10.2. The van der Waals surface area contributed by atoms with Crippen molar-refractivity contribution in [1.82, 2.24) is 5.32 Å². The molecule has 1 aromatic rings. The van der Waals surface area contributed by atoms with Gasteiger partial charge in [-0.3, -0.25) is 0 Å². The van der Waals surface area contributed by atoms with E-state index in [9.17, 15) is 0 Å². The minimum atomic E-state index is 0.421. The smallest absolute Gasteiger partial charge is 0.119 e. The normalized spacial score (nSPS) is 23.8. The Morgan fingerprint density at radius 1 is 1.14 bits per heavy atom. The van der Waals surface area contributed by atoms with Gasteiger partial charge < -0.3 is 10.1 Å². The van der Waals surface area contributed by atoms with Gasteiger partial charge >= 0.3 is 0 Å². The predicted molar refractivity (Wildman–Crippen MR) is 89.8 cm³/mol.